The Morgan fingerprint density at radius 1 is 1.00 bits per heavy atom. The fraction of sp³-hybridized carbons (Fsp3) is 0.786. The van der Waals surface area contributed by atoms with Crippen molar-refractivity contribution in [3.05, 3.63) is 11.8 Å². The van der Waals surface area contributed by atoms with Gasteiger partial charge >= 0.3 is 0 Å². The second kappa shape index (κ2) is 10.7. The van der Waals surface area contributed by atoms with Crippen molar-refractivity contribution in [2.75, 3.05) is 0 Å². The number of carbonyl (C=O) groups excluding carboxylic acids is 1. The topological polar surface area (TPSA) is 43.1 Å². The minimum absolute atomic E-state index is 0.105. The van der Waals surface area contributed by atoms with Crippen molar-refractivity contribution in [3.63, 3.8) is 0 Å². The van der Waals surface area contributed by atoms with Crippen LogP contribution in [-0.2, 0) is 4.79 Å². The molecule has 0 heterocycles. The number of unbranched alkanes of at least 4 members (excludes halogenated alkanes) is 7. The largest absolute Gasteiger partial charge is 0.396 e. The molecule has 0 saturated heterocycles. The average Bonchev–Trinajstić information content (AvgIpc) is 2.31. The first-order valence-electron chi connectivity index (χ1n) is 6.67. The highest BCUT2D eigenvalue weighted by Gasteiger charge is 2.03. The van der Waals surface area contributed by atoms with E-state index in [0.717, 1.165) is 12.8 Å². The Morgan fingerprint density at radius 3 is 2.00 bits per heavy atom. The summed E-state index contributed by atoms with van der Waals surface area (Å²) in [6.45, 7) is 4.04. The third-order valence-corrected chi connectivity index (χ3v) is 2.89. The molecule has 0 amide bonds. The highest BCUT2D eigenvalue weighted by atomic mass is 16.1. The van der Waals surface area contributed by atoms with E-state index in [1.807, 2.05) is 0 Å². The lowest BCUT2D eigenvalue weighted by molar-refractivity contribution is -0.115. The molecule has 2 nitrogen and oxygen atoms in total. The molecular formula is C14H27NO. The van der Waals surface area contributed by atoms with Gasteiger partial charge in [-0.1, -0.05) is 57.9 Å². The molecule has 2 N–H and O–H groups in total. The molecular weight excluding hydrogens is 198 g/mol. The van der Waals surface area contributed by atoms with Gasteiger partial charge in [-0.15, -0.1) is 0 Å². The van der Waals surface area contributed by atoms with Gasteiger partial charge in [0.05, 0.1) is 5.70 Å². The van der Waals surface area contributed by atoms with Crippen LogP contribution in [0.4, 0.5) is 0 Å². The quantitative estimate of drug-likeness (QED) is 0.452. The number of ketones is 1. The lowest BCUT2D eigenvalue weighted by Crippen LogP contribution is -2.10. The molecule has 94 valence electrons. The summed E-state index contributed by atoms with van der Waals surface area (Å²) in [5.74, 6) is 0.105. The van der Waals surface area contributed by atoms with Crippen LogP contribution in [-0.4, -0.2) is 5.78 Å². The summed E-state index contributed by atoms with van der Waals surface area (Å²) in [6, 6.07) is 0. The molecule has 0 aromatic heterocycles. The molecule has 0 saturated carbocycles. The van der Waals surface area contributed by atoms with Crippen molar-refractivity contribution in [2.45, 2.75) is 71.6 Å². The van der Waals surface area contributed by atoms with E-state index in [9.17, 15) is 4.79 Å². The normalized spacial score (nSPS) is 11.8. The van der Waals surface area contributed by atoms with Crippen molar-refractivity contribution in [1.29, 1.82) is 0 Å². The van der Waals surface area contributed by atoms with Crippen LogP contribution in [0.3, 0.4) is 0 Å². The van der Waals surface area contributed by atoms with Gasteiger partial charge in [0, 0.05) is 6.42 Å². The first-order chi connectivity index (χ1) is 7.72. The fourth-order valence-electron chi connectivity index (χ4n) is 1.72. The maximum Gasteiger partial charge on any atom is 0.178 e. The number of rotatable bonds is 10. The van der Waals surface area contributed by atoms with Crippen LogP contribution in [0.5, 0.6) is 0 Å². The standard InChI is InChI=1S/C14H27NO/c1-3-5-6-7-8-9-10-11-12-14(16)13(15)4-2/h4H,3,5-12,15H2,1-2H3/b13-4-. The fourth-order valence-corrected chi connectivity index (χ4v) is 1.72. The van der Waals surface area contributed by atoms with Gasteiger partial charge in [0.25, 0.3) is 0 Å². The van der Waals surface area contributed by atoms with E-state index in [1.165, 1.54) is 38.5 Å². The summed E-state index contributed by atoms with van der Waals surface area (Å²) in [5, 5.41) is 0. The average molecular weight is 225 g/mol. The molecule has 0 atom stereocenters. The maximum atomic E-state index is 11.4. The molecule has 0 aliphatic rings. The highest BCUT2D eigenvalue weighted by molar-refractivity contribution is 5.94. The molecule has 0 aromatic carbocycles. The van der Waals surface area contributed by atoms with Crippen LogP contribution in [0.15, 0.2) is 11.8 Å². The molecule has 0 bridgehead atoms. The van der Waals surface area contributed by atoms with Gasteiger partial charge in [0.2, 0.25) is 0 Å². The summed E-state index contributed by atoms with van der Waals surface area (Å²) in [6.07, 6.45) is 12.4. The monoisotopic (exact) mass is 225 g/mol. The van der Waals surface area contributed by atoms with Crippen molar-refractivity contribution in [2.24, 2.45) is 5.73 Å². The summed E-state index contributed by atoms with van der Waals surface area (Å²) in [7, 11) is 0. The summed E-state index contributed by atoms with van der Waals surface area (Å²) >= 11 is 0. The van der Waals surface area contributed by atoms with Crippen molar-refractivity contribution < 1.29 is 4.79 Å². The van der Waals surface area contributed by atoms with E-state index in [0.29, 0.717) is 12.1 Å². The minimum Gasteiger partial charge on any atom is -0.396 e. The summed E-state index contributed by atoms with van der Waals surface area (Å²) in [5.41, 5.74) is 5.94. The molecule has 0 unspecified atom stereocenters. The molecule has 0 rings (SSSR count). The van der Waals surface area contributed by atoms with Gasteiger partial charge < -0.3 is 5.73 Å². The number of allylic oxidation sites excluding steroid dienone is 2. The van der Waals surface area contributed by atoms with Crippen LogP contribution in [0.1, 0.15) is 71.6 Å². The van der Waals surface area contributed by atoms with Crippen LogP contribution in [0.25, 0.3) is 0 Å². The van der Waals surface area contributed by atoms with E-state index in [4.69, 9.17) is 5.73 Å². The summed E-state index contributed by atoms with van der Waals surface area (Å²) in [4.78, 5) is 11.4. The summed E-state index contributed by atoms with van der Waals surface area (Å²) < 4.78 is 0. The predicted molar refractivity (Wildman–Crippen MR) is 70.2 cm³/mol. The second-order valence-electron chi connectivity index (χ2n) is 4.39. The number of nitrogens with two attached hydrogens (primary N) is 1. The lowest BCUT2D eigenvalue weighted by Gasteiger charge is -2.02. The lowest BCUT2D eigenvalue weighted by atomic mass is 10.1. The van der Waals surface area contributed by atoms with Gasteiger partial charge in [-0.3, -0.25) is 4.79 Å². The van der Waals surface area contributed by atoms with Gasteiger partial charge in [0.15, 0.2) is 5.78 Å². The van der Waals surface area contributed by atoms with Crippen LogP contribution < -0.4 is 5.73 Å². The van der Waals surface area contributed by atoms with E-state index in [2.05, 4.69) is 6.92 Å². The Morgan fingerprint density at radius 2 is 1.50 bits per heavy atom. The molecule has 16 heavy (non-hydrogen) atoms. The number of hydrogen-bond donors (Lipinski definition) is 1. The predicted octanol–water partition coefficient (Wildman–Crippen LogP) is 3.95. The zero-order valence-corrected chi connectivity index (χ0v) is 10.9. The molecule has 0 aliphatic carbocycles. The van der Waals surface area contributed by atoms with E-state index in [1.54, 1.807) is 13.0 Å². The Kier molecular flexibility index (Phi) is 10.2. The second-order valence-corrected chi connectivity index (χ2v) is 4.39. The van der Waals surface area contributed by atoms with E-state index < -0.39 is 0 Å². The smallest absolute Gasteiger partial charge is 0.178 e. The minimum atomic E-state index is 0.105. The molecule has 0 aromatic rings. The molecule has 0 radical (unpaired) electrons. The third kappa shape index (κ3) is 8.51. The SMILES string of the molecule is C/C=C(\N)C(=O)CCCCCCCCCC. The first-order valence-corrected chi connectivity index (χ1v) is 6.67. The maximum absolute atomic E-state index is 11.4. The van der Waals surface area contributed by atoms with Crippen LogP contribution in [0, 0.1) is 0 Å². The van der Waals surface area contributed by atoms with Crippen LogP contribution >= 0.6 is 0 Å². The van der Waals surface area contributed by atoms with Gasteiger partial charge in [-0.25, -0.2) is 0 Å². The van der Waals surface area contributed by atoms with Gasteiger partial charge in [0.1, 0.15) is 0 Å². The van der Waals surface area contributed by atoms with Gasteiger partial charge in [-0.05, 0) is 13.3 Å². The van der Waals surface area contributed by atoms with Crippen molar-refractivity contribution in [1.82, 2.24) is 0 Å². The Balaban J connectivity index is 3.24. The Bertz CT molecular complexity index is 209. The zero-order chi connectivity index (χ0) is 12.2. The molecule has 0 aliphatic heterocycles. The first kappa shape index (κ1) is 15.2. The van der Waals surface area contributed by atoms with Gasteiger partial charge in [-0.2, -0.15) is 0 Å². The molecule has 0 spiro atoms. The number of Topliss-reactive ketones (excluding diaryl/α,β-unsaturated/α-hetero) is 1. The van der Waals surface area contributed by atoms with Crippen molar-refractivity contribution >= 4 is 5.78 Å². The number of carbonyl (C=O) groups is 1. The zero-order valence-electron chi connectivity index (χ0n) is 10.9. The van der Waals surface area contributed by atoms with Crippen LogP contribution in [0.2, 0.25) is 0 Å². The van der Waals surface area contributed by atoms with E-state index >= 15 is 0 Å². The third-order valence-electron chi connectivity index (χ3n) is 2.89. The highest BCUT2D eigenvalue weighted by Crippen LogP contribution is 2.10. The molecule has 2 heteroatoms. The Labute approximate surface area is 100 Å². The Hall–Kier alpha value is -0.790. The van der Waals surface area contributed by atoms with Crippen molar-refractivity contribution in [3.8, 4) is 0 Å². The number of hydrogen-bond acceptors (Lipinski definition) is 2. The van der Waals surface area contributed by atoms with E-state index in [-0.39, 0.29) is 5.78 Å². The molecule has 0 fully saturated rings.